The molecule has 19 heavy (non-hydrogen) atoms. The highest BCUT2D eigenvalue weighted by atomic mass is 32.2. The maximum Gasteiger partial charge on any atom is 0.230 e. The van der Waals surface area contributed by atoms with Crippen molar-refractivity contribution >= 4 is 9.84 Å². The number of rotatable bonds is 2. The molecule has 0 N–H and O–H groups in total. The molecule has 0 amide bonds. The van der Waals surface area contributed by atoms with Crippen molar-refractivity contribution in [2.24, 2.45) is 5.92 Å². The van der Waals surface area contributed by atoms with E-state index in [2.05, 4.69) is 17.1 Å². The molecule has 0 radical (unpaired) electrons. The van der Waals surface area contributed by atoms with Crippen LogP contribution in [-0.4, -0.2) is 30.1 Å². The van der Waals surface area contributed by atoms with Gasteiger partial charge < -0.3 is 4.52 Å². The summed E-state index contributed by atoms with van der Waals surface area (Å²) in [4.78, 5) is 4.49. The molecule has 1 saturated heterocycles. The molecule has 0 aromatic carbocycles. The third-order valence-electron chi connectivity index (χ3n) is 4.48. The molecule has 2 aliphatic rings. The Morgan fingerprint density at radius 2 is 2.00 bits per heavy atom. The summed E-state index contributed by atoms with van der Waals surface area (Å²) in [5, 5.41) is 4.10. The minimum absolute atomic E-state index is 0.0925. The second-order valence-electron chi connectivity index (χ2n) is 5.96. The maximum absolute atomic E-state index is 11.5. The number of aromatic nitrogens is 2. The molecule has 2 fully saturated rings. The van der Waals surface area contributed by atoms with Crippen LogP contribution in [0.4, 0.5) is 0 Å². The Labute approximate surface area is 113 Å². The van der Waals surface area contributed by atoms with Gasteiger partial charge in [0.2, 0.25) is 5.89 Å². The van der Waals surface area contributed by atoms with Crippen LogP contribution < -0.4 is 0 Å². The zero-order chi connectivity index (χ0) is 13.5. The summed E-state index contributed by atoms with van der Waals surface area (Å²) in [5.74, 6) is 2.59. The highest BCUT2D eigenvalue weighted by Crippen LogP contribution is 2.37. The van der Waals surface area contributed by atoms with E-state index in [0.29, 0.717) is 24.1 Å². The fourth-order valence-corrected chi connectivity index (χ4v) is 4.99. The molecule has 0 bridgehead atoms. The molecule has 5 nitrogen and oxygen atoms in total. The van der Waals surface area contributed by atoms with Gasteiger partial charge in [-0.05, 0) is 18.8 Å². The molecule has 2 heterocycles. The Kier molecular flexibility index (Phi) is 3.37. The van der Waals surface area contributed by atoms with Crippen molar-refractivity contribution in [3.63, 3.8) is 0 Å². The summed E-state index contributed by atoms with van der Waals surface area (Å²) in [5.41, 5.74) is 0. The van der Waals surface area contributed by atoms with Crippen LogP contribution in [0.2, 0.25) is 0 Å². The zero-order valence-electron chi connectivity index (χ0n) is 11.2. The molecule has 0 spiro atoms. The van der Waals surface area contributed by atoms with Crippen LogP contribution in [0.25, 0.3) is 0 Å². The van der Waals surface area contributed by atoms with Gasteiger partial charge in [0.05, 0.1) is 17.4 Å². The van der Waals surface area contributed by atoms with Crippen LogP contribution in [-0.2, 0) is 9.84 Å². The molecular formula is C13H20N2O3S. The first-order chi connectivity index (χ1) is 9.05. The molecule has 3 atom stereocenters. The summed E-state index contributed by atoms with van der Waals surface area (Å²) >= 11 is 0. The van der Waals surface area contributed by atoms with Crippen LogP contribution in [0.1, 0.15) is 62.6 Å². The maximum atomic E-state index is 11.5. The fourth-order valence-electron chi connectivity index (χ4n) is 3.25. The van der Waals surface area contributed by atoms with Crippen molar-refractivity contribution in [1.82, 2.24) is 10.1 Å². The lowest BCUT2D eigenvalue weighted by Crippen LogP contribution is -2.16. The van der Waals surface area contributed by atoms with E-state index in [0.717, 1.165) is 12.2 Å². The lowest BCUT2D eigenvalue weighted by Gasteiger charge is -2.25. The van der Waals surface area contributed by atoms with Gasteiger partial charge in [0.1, 0.15) is 0 Å². The number of hydrogen-bond donors (Lipinski definition) is 0. The summed E-state index contributed by atoms with van der Waals surface area (Å²) in [7, 11) is -2.90. The lowest BCUT2D eigenvalue weighted by atomic mass is 9.80. The minimum atomic E-state index is -2.90. The van der Waals surface area contributed by atoms with Crippen LogP contribution >= 0.6 is 0 Å². The summed E-state index contributed by atoms with van der Waals surface area (Å²) in [6.45, 7) is 2.24. The molecule has 3 rings (SSSR count). The van der Waals surface area contributed by atoms with Gasteiger partial charge in [-0.25, -0.2) is 8.42 Å². The van der Waals surface area contributed by atoms with Crippen LogP contribution in [0.15, 0.2) is 4.52 Å². The minimum Gasteiger partial charge on any atom is -0.339 e. The van der Waals surface area contributed by atoms with E-state index in [4.69, 9.17) is 4.52 Å². The van der Waals surface area contributed by atoms with E-state index >= 15 is 0 Å². The van der Waals surface area contributed by atoms with E-state index in [9.17, 15) is 8.42 Å². The van der Waals surface area contributed by atoms with Crippen molar-refractivity contribution in [3.8, 4) is 0 Å². The van der Waals surface area contributed by atoms with Crippen molar-refractivity contribution in [2.75, 3.05) is 11.5 Å². The van der Waals surface area contributed by atoms with E-state index in [1.807, 2.05) is 0 Å². The van der Waals surface area contributed by atoms with Gasteiger partial charge in [-0.1, -0.05) is 31.3 Å². The molecule has 1 aromatic heterocycles. The Morgan fingerprint density at radius 1 is 1.21 bits per heavy atom. The molecular weight excluding hydrogens is 264 g/mol. The van der Waals surface area contributed by atoms with E-state index < -0.39 is 9.84 Å². The first kappa shape index (κ1) is 13.1. The predicted molar refractivity (Wildman–Crippen MR) is 70.7 cm³/mol. The predicted octanol–water partition coefficient (Wildman–Crippen LogP) is 2.27. The highest BCUT2D eigenvalue weighted by molar-refractivity contribution is 7.91. The average Bonchev–Trinajstić information content (AvgIpc) is 2.96. The summed E-state index contributed by atoms with van der Waals surface area (Å²) < 4.78 is 28.3. The van der Waals surface area contributed by atoms with Crippen LogP contribution in [0.3, 0.4) is 0 Å². The van der Waals surface area contributed by atoms with Crippen molar-refractivity contribution in [2.45, 2.75) is 50.9 Å². The number of nitrogens with zero attached hydrogens (tertiary/aromatic N) is 2. The lowest BCUT2D eigenvalue weighted by molar-refractivity contribution is 0.303. The average molecular weight is 284 g/mol. The van der Waals surface area contributed by atoms with Crippen molar-refractivity contribution < 1.29 is 12.9 Å². The molecule has 1 aliphatic heterocycles. The first-order valence-corrected chi connectivity index (χ1v) is 8.91. The molecule has 0 unspecified atom stereocenters. The first-order valence-electron chi connectivity index (χ1n) is 7.09. The van der Waals surface area contributed by atoms with Gasteiger partial charge in [0, 0.05) is 5.92 Å². The topological polar surface area (TPSA) is 73.1 Å². The second kappa shape index (κ2) is 4.89. The molecule has 1 aromatic rings. The van der Waals surface area contributed by atoms with Gasteiger partial charge in [0.15, 0.2) is 15.7 Å². The third-order valence-corrected chi connectivity index (χ3v) is 6.25. The summed E-state index contributed by atoms with van der Waals surface area (Å²) in [6.07, 6.45) is 5.44. The monoisotopic (exact) mass is 284 g/mol. The number of hydrogen-bond acceptors (Lipinski definition) is 5. The van der Waals surface area contributed by atoms with Crippen molar-refractivity contribution in [3.05, 3.63) is 11.7 Å². The SMILES string of the molecule is C[C@@H]1CCCC[C@H]1c1noc([C@H]2CCS(=O)(=O)C2)n1. The van der Waals surface area contributed by atoms with Crippen LogP contribution in [0.5, 0.6) is 0 Å². The van der Waals surface area contributed by atoms with Gasteiger partial charge in [0.25, 0.3) is 0 Å². The fraction of sp³-hybridized carbons (Fsp3) is 0.846. The summed E-state index contributed by atoms with van der Waals surface area (Å²) in [6, 6.07) is 0. The Morgan fingerprint density at radius 3 is 2.68 bits per heavy atom. The Bertz CT molecular complexity index is 552. The number of sulfone groups is 1. The largest absolute Gasteiger partial charge is 0.339 e. The molecule has 1 saturated carbocycles. The molecule has 6 heteroatoms. The Hall–Kier alpha value is -0.910. The smallest absolute Gasteiger partial charge is 0.230 e. The van der Waals surface area contributed by atoms with E-state index in [1.54, 1.807) is 0 Å². The van der Waals surface area contributed by atoms with E-state index in [1.165, 1.54) is 19.3 Å². The zero-order valence-corrected chi connectivity index (χ0v) is 12.0. The van der Waals surface area contributed by atoms with E-state index in [-0.39, 0.29) is 17.4 Å². The standard InChI is InChI=1S/C13H20N2O3S/c1-9-4-2-3-5-11(9)12-14-13(18-15-12)10-6-7-19(16,17)8-10/h9-11H,2-8H2,1H3/t9-,10+,11-/m1/s1. The van der Waals surface area contributed by atoms with Crippen LogP contribution in [0, 0.1) is 5.92 Å². The molecule has 106 valence electrons. The van der Waals surface area contributed by atoms with Gasteiger partial charge >= 0.3 is 0 Å². The second-order valence-corrected chi connectivity index (χ2v) is 8.19. The van der Waals surface area contributed by atoms with Gasteiger partial charge in [-0.15, -0.1) is 0 Å². The quantitative estimate of drug-likeness (QED) is 0.833. The van der Waals surface area contributed by atoms with Gasteiger partial charge in [-0.3, -0.25) is 0 Å². The normalized spacial score (nSPS) is 34.5. The highest BCUT2D eigenvalue weighted by Gasteiger charge is 2.34. The van der Waals surface area contributed by atoms with Gasteiger partial charge in [-0.2, -0.15) is 4.98 Å². The third kappa shape index (κ3) is 2.68. The van der Waals surface area contributed by atoms with Crippen molar-refractivity contribution in [1.29, 1.82) is 0 Å². The Balaban J connectivity index is 1.76. The molecule has 1 aliphatic carbocycles.